The van der Waals surface area contributed by atoms with Crippen molar-refractivity contribution in [1.82, 2.24) is 10.6 Å². The van der Waals surface area contributed by atoms with Crippen LogP contribution in [0, 0.1) is 0 Å². The van der Waals surface area contributed by atoms with Crippen molar-refractivity contribution in [1.29, 1.82) is 0 Å². The Hall–Kier alpha value is -2.13. The van der Waals surface area contributed by atoms with E-state index in [0.717, 1.165) is 12.8 Å². The third-order valence-electron chi connectivity index (χ3n) is 4.27. The Balaban J connectivity index is 1.86. The standard InChI is InChI=1S/C18H16N2S/c21-18-19-16(13-7-2-1-3-8-13)15-11-10-12-6-4-5-9-14(12)17(15)20-18/h1-9,16H,10-11H2,(H2,19,20,21)/t16-/m1/s1. The summed E-state index contributed by atoms with van der Waals surface area (Å²) in [5.41, 5.74) is 6.58. The van der Waals surface area contributed by atoms with E-state index < -0.39 is 0 Å². The minimum atomic E-state index is 0.184. The lowest BCUT2D eigenvalue weighted by Crippen LogP contribution is -2.44. The molecule has 0 saturated carbocycles. The average molecular weight is 292 g/mol. The molecule has 0 amide bonds. The SMILES string of the molecule is S=C1NC2=C(CCc3ccccc32)[C@@H](c2ccccc2)N1. The number of benzene rings is 2. The molecule has 1 heterocycles. The molecule has 0 unspecified atom stereocenters. The fraction of sp³-hybridized carbons (Fsp3) is 0.167. The van der Waals surface area contributed by atoms with Gasteiger partial charge in [0.05, 0.1) is 6.04 Å². The van der Waals surface area contributed by atoms with E-state index in [1.807, 2.05) is 6.07 Å². The molecule has 0 radical (unpaired) electrons. The number of hydrogen-bond acceptors (Lipinski definition) is 1. The van der Waals surface area contributed by atoms with Gasteiger partial charge in [0.15, 0.2) is 5.11 Å². The van der Waals surface area contributed by atoms with Gasteiger partial charge in [-0.3, -0.25) is 0 Å². The number of fused-ring (bicyclic) bond motifs is 2. The van der Waals surface area contributed by atoms with Gasteiger partial charge >= 0.3 is 0 Å². The van der Waals surface area contributed by atoms with Crippen LogP contribution in [0.5, 0.6) is 0 Å². The Morgan fingerprint density at radius 1 is 0.905 bits per heavy atom. The third kappa shape index (κ3) is 2.14. The van der Waals surface area contributed by atoms with Crippen LogP contribution in [0.2, 0.25) is 0 Å². The zero-order valence-corrected chi connectivity index (χ0v) is 12.4. The van der Waals surface area contributed by atoms with Gasteiger partial charge in [-0.1, -0.05) is 54.6 Å². The highest BCUT2D eigenvalue weighted by Gasteiger charge is 2.30. The molecule has 21 heavy (non-hydrogen) atoms. The fourth-order valence-electron chi connectivity index (χ4n) is 3.28. The zero-order valence-electron chi connectivity index (χ0n) is 11.6. The maximum Gasteiger partial charge on any atom is 0.171 e. The van der Waals surface area contributed by atoms with Crippen molar-refractivity contribution in [2.45, 2.75) is 18.9 Å². The predicted molar refractivity (Wildman–Crippen MR) is 89.7 cm³/mol. The Kier molecular flexibility index (Phi) is 3.00. The molecule has 2 N–H and O–H groups in total. The van der Waals surface area contributed by atoms with Crippen LogP contribution in [0.4, 0.5) is 0 Å². The molecule has 0 spiro atoms. The number of thiocarbonyl (C=S) groups is 1. The van der Waals surface area contributed by atoms with Crippen molar-refractivity contribution in [3.63, 3.8) is 0 Å². The van der Waals surface area contributed by atoms with Crippen molar-refractivity contribution >= 4 is 23.0 Å². The van der Waals surface area contributed by atoms with E-state index in [2.05, 4.69) is 59.2 Å². The second-order valence-electron chi connectivity index (χ2n) is 5.50. The first-order chi connectivity index (χ1) is 10.3. The number of rotatable bonds is 1. The maximum absolute atomic E-state index is 5.42. The van der Waals surface area contributed by atoms with Crippen molar-refractivity contribution in [3.05, 3.63) is 76.9 Å². The first-order valence-electron chi connectivity index (χ1n) is 7.27. The summed E-state index contributed by atoms with van der Waals surface area (Å²) in [6.07, 6.45) is 2.16. The second kappa shape index (κ2) is 5.01. The Bertz CT molecular complexity index is 734. The molecule has 0 saturated heterocycles. The monoisotopic (exact) mass is 292 g/mol. The van der Waals surface area contributed by atoms with Crippen molar-refractivity contribution in [2.75, 3.05) is 0 Å². The summed E-state index contributed by atoms with van der Waals surface area (Å²) in [5, 5.41) is 7.51. The maximum atomic E-state index is 5.42. The molecular weight excluding hydrogens is 276 g/mol. The van der Waals surface area contributed by atoms with E-state index in [0.29, 0.717) is 5.11 Å². The van der Waals surface area contributed by atoms with Gasteiger partial charge in [0, 0.05) is 11.3 Å². The summed E-state index contributed by atoms with van der Waals surface area (Å²) in [6.45, 7) is 0. The van der Waals surface area contributed by atoms with E-state index in [-0.39, 0.29) is 6.04 Å². The van der Waals surface area contributed by atoms with E-state index in [9.17, 15) is 0 Å². The molecule has 2 aliphatic rings. The lowest BCUT2D eigenvalue weighted by atomic mass is 9.83. The molecule has 0 fully saturated rings. The highest BCUT2D eigenvalue weighted by Crippen LogP contribution is 2.38. The Labute approximate surface area is 129 Å². The molecule has 104 valence electrons. The van der Waals surface area contributed by atoms with Crippen molar-refractivity contribution < 1.29 is 0 Å². The topological polar surface area (TPSA) is 24.1 Å². The van der Waals surface area contributed by atoms with Crippen LogP contribution in [-0.2, 0) is 6.42 Å². The summed E-state index contributed by atoms with van der Waals surface area (Å²) in [7, 11) is 0. The summed E-state index contributed by atoms with van der Waals surface area (Å²) in [6, 6.07) is 19.3. The molecule has 3 heteroatoms. The minimum Gasteiger partial charge on any atom is -0.352 e. The second-order valence-corrected chi connectivity index (χ2v) is 5.91. The van der Waals surface area contributed by atoms with Crippen LogP contribution in [0.15, 0.2) is 60.2 Å². The summed E-state index contributed by atoms with van der Waals surface area (Å²) in [5.74, 6) is 0. The molecular formula is C18H16N2S. The van der Waals surface area contributed by atoms with Gasteiger partial charge < -0.3 is 10.6 Å². The summed E-state index contributed by atoms with van der Waals surface area (Å²) < 4.78 is 0. The van der Waals surface area contributed by atoms with E-state index in [1.165, 1.54) is 28.0 Å². The van der Waals surface area contributed by atoms with Crippen molar-refractivity contribution in [2.24, 2.45) is 0 Å². The van der Waals surface area contributed by atoms with Crippen LogP contribution in [0.25, 0.3) is 5.70 Å². The molecule has 2 aromatic carbocycles. The highest BCUT2D eigenvalue weighted by atomic mass is 32.1. The van der Waals surface area contributed by atoms with Gasteiger partial charge in [-0.15, -0.1) is 0 Å². The van der Waals surface area contributed by atoms with Crippen LogP contribution in [0.3, 0.4) is 0 Å². The Morgan fingerprint density at radius 2 is 1.67 bits per heavy atom. The fourth-order valence-corrected chi connectivity index (χ4v) is 3.50. The van der Waals surface area contributed by atoms with Crippen LogP contribution >= 0.6 is 12.2 Å². The number of aryl methyl sites for hydroxylation is 1. The van der Waals surface area contributed by atoms with Gasteiger partial charge in [0.2, 0.25) is 0 Å². The summed E-state index contributed by atoms with van der Waals surface area (Å²) >= 11 is 5.42. The molecule has 1 aliphatic heterocycles. The minimum absolute atomic E-state index is 0.184. The molecule has 2 aromatic rings. The molecule has 1 atom stereocenters. The van der Waals surface area contributed by atoms with Gasteiger partial charge in [-0.05, 0) is 41.8 Å². The highest BCUT2D eigenvalue weighted by molar-refractivity contribution is 7.80. The van der Waals surface area contributed by atoms with E-state index in [4.69, 9.17) is 12.2 Å². The Morgan fingerprint density at radius 3 is 2.52 bits per heavy atom. The summed E-state index contributed by atoms with van der Waals surface area (Å²) in [4.78, 5) is 0. The lowest BCUT2D eigenvalue weighted by Gasteiger charge is -2.35. The number of hydrogen-bond donors (Lipinski definition) is 2. The van der Waals surface area contributed by atoms with Crippen LogP contribution < -0.4 is 10.6 Å². The largest absolute Gasteiger partial charge is 0.352 e. The molecule has 0 bridgehead atoms. The smallest absolute Gasteiger partial charge is 0.171 e. The number of nitrogens with one attached hydrogen (secondary N) is 2. The zero-order chi connectivity index (χ0) is 14.2. The van der Waals surface area contributed by atoms with E-state index >= 15 is 0 Å². The molecule has 2 nitrogen and oxygen atoms in total. The molecule has 1 aliphatic carbocycles. The van der Waals surface area contributed by atoms with Gasteiger partial charge in [-0.25, -0.2) is 0 Å². The third-order valence-corrected chi connectivity index (χ3v) is 4.49. The van der Waals surface area contributed by atoms with Gasteiger partial charge in [0.1, 0.15) is 0 Å². The van der Waals surface area contributed by atoms with Crippen molar-refractivity contribution in [3.8, 4) is 0 Å². The normalized spacial score (nSPS) is 20.2. The molecule has 4 rings (SSSR count). The van der Waals surface area contributed by atoms with Crippen LogP contribution in [-0.4, -0.2) is 5.11 Å². The van der Waals surface area contributed by atoms with Crippen LogP contribution in [0.1, 0.15) is 29.2 Å². The first kappa shape index (κ1) is 12.6. The first-order valence-corrected chi connectivity index (χ1v) is 7.67. The lowest BCUT2D eigenvalue weighted by molar-refractivity contribution is 0.667. The average Bonchev–Trinajstić information content (AvgIpc) is 2.55. The quantitative estimate of drug-likeness (QED) is 0.786. The van der Waals surface area contributed by atoms with Gasteiger partial charge in [0.25, 0.3) is 0 Å². The van der Waals surface area contributed by atoms with Gasteiger partial charge in [-0.2, -0.15) is 0 Å². The van der Waals surface area contributed by atoms with E-state index in [1.54, 1.807) is 0 Å². The predicted octanol–water partition coefficient (Wildman–Crippen LogP) is 3.56. The molecule has 0 aromatic heterocycles.